The van der Waals surface area contributed by atoms with Crippen molar-refractivity contribution in [3.8, 4) is 56.8 Å². The van der Waals surface area contributed by atoms with Crippen LogP contribution in [0.15, 0.2) is 158 Å². The lowest BCUT2D eigenvalue weighted by molar-refractivity contribution is 0.995. The van der Waals surface area contributed by atoms with Crippen molar-refractivity contribution in [2.75, 3.05) is 0 Å². The number of nitriles is 1. The van der Waals surface area contributed by atoms with E-state index in [0.29, 0.717) is 11.5 Å². The van der Waals surface area contributed by atoms with Crippen molar-refractivity contribution in [2.45, 2.75) is 0 Å². The number of para-hydroxylation sites is 1. The molecule has 2 aromatic heterocycles. The molecule has 4 nitrogen and oxygen atoms in total. The third kappa shape index (κ3) is 4.83. The predicted octanol–water partition coefficient (Wildman–Crippen LogP) is 10.1. The maximum Gasteiger partial charge on any atom is 0.235 e. The lowest BCUT2D eigenvalue weighted by Crippen LogP contribution is -2.04. The molecule has 0 atom stereocenters. The van der Waals surface area contributed by atoms with Crippen LogP contribution in [0, 0.1) is 11.3 Å². The highest BCUT2D eigenvalue weighted by Gasteiger charge is 2.17. The molecule has 210 valence electrons. The van der Waals surface area contributed by atoms with E-state index in [1.54, 1.807) is 0 Å². The zero-order valence-corrected chi connectivity index (χ0v) is 24.3. The summed E-state index contributed by atoms with van der Waals surface area (Å²) in [6, 6.07) is 56.2. The Morgan fingerprint density at radius 2 is 0.911 bits per heavy atom. The van der Waals surface area contributed by atoms with Gasteiger partial charge in [0, 0.05) is 21.9 Å². The van der Waals surface area contributed by atoms with E-state index in [-0.39, 0.29) is 0 Å². The maximum absolute atomic E-state index is 9.17. The molecule has 0 unspecified atom stereocenters. The molecule has 45 heavy (non-hydrogen) atoms. The Kier molecular flexibility index (Phi) is 6.48. The van der Waals surface area contributed by atoms with Crippen LogP contribution in [0.5, 0.6) is 0 Å². The Bertz CT molecular complexity index is 2350. The molecular weight excluding hydrogens is 548 g/mol. The summed E-state index contributed by atoms with van der Waals surface area (Å²) in [5.74, 6) is 0.626. The molecule has 0 aliphatic carbocycles. The number of nitrogens with zero attached hydrogens (tertiary/aromatic N) is 4. The van der Waals surface area contributed by atoms with Gasteiger partial charge in [0.1, 0.15) is 0 Å². The minimum absolute atomic E-state index is 0.626. The SMILES string of the molecule is N#Cc1ccc(-c2ccc(-c3cc(-c4ccccc4)nc(-n4c5ccccc5c5cc(-c6ccccc6)ccc54)n3)cc2)cc1. The number of rotatable bonds is 5. The van der Waals surface area contributed by atoms with Gasteiger partial charge in [-0.15, -0.1) is 0 Å². The van der Waals surface area contributed by atoms with Crippen LogP contribution < -0.4 is 0 Å². The molecule has 0 aliphatic heterocycles. The fourth-order valence-electron chi connectivity index (χ4n) is 6.01. The number of fused-ring (bicyclic) bond motifs is 3. The summed E-state index contributed by atoms with van der Waals surface area (Å²) in [5, 5.41) is 11.5. The largest absolute Gasteiger partial charge is 0.278 e. The molecule has 4 heteroatoms. The van der Waals surface area contributed by atoms with Gasteiger partial charge in [0.2, 0.25) is 5.95 Å². The molecule has 0 spiro atoms. The molecule has 0 saturated heterocycles. The molecule has 0 bridgehead atoms. The second kappa shape index (κ2) is 11.1. The highest BCUT2D eigenvalue weighted by atomic mass is 15.2. The van der Waals surface area contributed by atoms with Crippen molar-refractivity contribution >= 4 is 21.8 Å². The Hall–Kier alpha value is -6.31. The van der Waals surface area contributed by atoms with Crippen LogP contribution in [0.2, 0.25) is 0 Å². The molecule has 0 N–H and O–H groups in total. The molecular formula is C41H26N4. The van der Waals surface area contributed by atoms with Gasteiger partial charge in [0.05, 0.1) is 34.1 Å². The normalized spacial score (nSPS) is 11.1. The molecule has 2 heterocycles. The van der Waals surface area contributed by atoms with Gasteiger partial charge in [-0.1, -0.05) is 121 Å². The van der Waals surface area contributed by atoms with E-state index in [2.05, 4.69) is 120 Å². The fourth-order valence-corrected chi connectivity index (χ4v) is 6.01. The maximum atomic E-state index is 9.17. The Morgan fingerprint density at radius 3 is 1.58 bits per heavy atom. The van der Waals surface area contributed by atoms with Crippen LogP contribution in [-0.2, 0) is 0 Å². The monoisotopic (exact) mass is 574 g/mol. The first-order valence-corrected chi connectivity index (χ1v) is 14.9. The number of benzene rings is 6. The summed E-state index contributed by atoms with van der Waals surface area (Å²) in [7, 11) is 0. The first-order valence-electron chi connectivity index (χ1n) is 14.9. The summed E-state index contributed by atoms with van der Waals surface area (Å²) < 4.78 is 2.18. The van der Waals surface area contributed by atoms with Crippen LogP contribution in [-0.4, -0.2) is 14.5 Å². The lowest BCUT2D eigenvalue weighted by Gasteiger charge is -2.12. The van der Waals surface area contributed by atoms with E-state index >= 15 is 0 Å². The Labute approximate surface area is 261 Å². The van der Waals surface area contributed by atoms with Crippen molar-refractivity contribution in [1.29, 1.82) is 5.26 Å². The molecule has 0 saturated carbocycles. The summed E-state index contributed by atoms with van der Waals surface area (Å²) >= 11 is 0. The number of aromatic nitrogens is 3. The zero-order chi connectivity index (χ0) is 30.2. The van der Waals surface area contributed by atoms with Gasteiger partial charge in [-0.05, 0) is 58.7 Å². The molecule has 0 radical (unpaired) electrons. The summed E-state index contributed by atoms with van der Waals surface area (Å²) in [6.07, 6.45) is 0. The quantitative estimate of drug-likeness (QED) is 0.205. The predicted molar refractivity (Wildman–Crippen MR) is 183 cm³/mol. The molecule has 0 fully saturated rings. The molecule has 0 aliphatic rings. The van der Waals surface area contributed by atoms with Gasteiger partial charge in [0.15, 0.2) is 0 Å². The molecule has 0 amide bonds. The highest BCUT2D eigenvalue weighted by molar-refractivity contribution is 6.10. The van der Waals surface area contributed by atoms with Gasteiger partial charge < -0.3 is 0 Å². The second-order valence-electron chi connectivity index (χ2n) is 11.0. The third-order valence-electron chi connectivity index (χ3n) is 8.29. The minimum Gasteiger partial charge on any atom is -0.278 e. The van der Waals surface area contributed by atoms with E-state index in [4.69, 9.17) is 15.2 Å². The average molecular weight is 575 g/mol. The van der Waals surface area contributed by atoms with Crippen molar-refractivity contribution < 1.29 is 0 Å². The van der Waals surface area contributed by atoms with E-state index in [0.717, 1.165) is 55.4 Å². The van der Waals surface area contributed by atoms with Gasteiger partial charge in [-0.3, -0.25) is 4.57 Å². The van der Waals surface area contributed by atoms with Gasteiger partial charge in [0.25, 0.3) is 0 Å². The van der Waals surface area contributed by atoms with Crippen LogP contribution in [0.4, 0.5) is 0 Å². The van der Waals surface area contributed by atoms with Crippen molar-refractivity contribution in [1.82, 2.24) is 14.5 Å². The summed E-state index contributed by atoms with van der Waals surface area (Å²) in [6.45, 7) is 0. The number of hydrogen-bond acceptors (Lipinski definition) is 3. The third-order valence-corrected chi connectivity index (χ3v) is 8.29. The van der Waals surface area contributed by atoms with Crippen LogP contribution in [0.3, 0.4) is 0 Å². The van der Waals surface area contributed by atoms with Crippen LogP contribution in [0.1, 0.15) is 5.56 Å². The minimum atomic E-state index is 0.626. The highest BCUT2D eigenvalue weighted by Crippen LogP contribution is 2.35. The average Bonchev–Trinajstić information content (AvgIpc) is 3.46. The second-order valence-corrected chi connectivity index (χ2v) is 11.0. The number of hydrogen-bond donors (Lipinski definition) is 0. The Balaban J connectivity index is 1.30. The van der Waals surface area contributed by atoms with Crippen LogP contribution in [0.25, 0.3) is 72.5 Å². The van der Waals surface area contributed by atoms with Crippen LogP contribution >= 0.6 is 0 Å². The summed E-state index contributed by atoms with van der Waals surface area (Å²) in [5.41, 5.74) is 11.0. The zero-order valence-electron chi connectivity index (χ0n) is 24.3. The van der Waals surface area contributed by atoms with E-state index in [9.17, 15) is 0 Å². The van der Waals surface area contributed by atoms with E-state index in [1.807, 2.05) is 48.5 Å². The van der Waals surface area contributed by atoms with Gasteiger partial charge >= 0.3 is 0 Å². The topological polar surface area (TPSA) is 54.5 Å². The van der Waals surface area contributed by atoms with Crippen molar-refractivity contribution in [2.24, 2.45) is 0 Å². The first-order chi connectivity index (χ1) is 22.2. The smallest absolute Gasteiger partial charge is 0.235 e. The molecule has 6 aromatic carbocycles. The van der Waals surface area contributed by atoms with Crippen molar-refractivity contribution in [3.63, 3.8) is 0 Å². The summed E-state index contributed by atoms with van der Waals surface area (Å²) in [4.78, 5) is 10.4. The lowest BCUT2D eigenvalue weighted by atomic mass is 10.0. The first kappa shape index (κ1) is 26.3. The van der Waals surface area contributed by atoms with E-state index < -0.39 is 0 Å². The van der Waals surface area contributed by atoms with Crippen molar-refractivity contribution in [3.05, 3.63) is 163 Å². The molecule has 8 rings (SSSR count). The van der Waals surface area contributed by atoms with Gasteiger partial charge in [-0.25, -0.2) is 9.97 Å². The standard InChI is InChI=1S/C41H26N4/c42-27-28-15-17-30(18-16-28)31-19-21-33(22-20-31)38-26-37(32-11-5-2-6-12-32)43-41(44-38)45-39-14-8-7-13-35(39)36-25-34(23-24-40(36)45)29-9-3-1-4-10-29/h1-26H. The van der Waals surface area contributed by atoms with Gasteiger partial charge in [-0.2, -0.15) is 5.26 Å². The molecule has 8 aromatic rings. The fraction of sp³-hybridized carbons (Fsp3) is 0. The Morgan fingerprint density at radius 1 is 0.422 bits per heavy atom. The van der Waals surface area contributed by atoms with E-state index in [1.165, 1.54) is 11.1 Å².